The average Bonchev–Trinajstić information content (AvgIpc) is 2.95. The molecule has 124 valence electrons. The van der Waals surface area contributed by atoms with Gasteiger partial charge in [0.15, 0.2) is 0 Å². The van der Waals surface area contributed by atoms with Crippen molar-refractivity contribution in [3.63, 3.8) is 0 Å². The second-order valence-corrected chi connectivity index (χ2v) is 6.66. The number of rotatable bonds is 4. The molecule has 2 N–H and O–H groups in total. The lowest BCUT2D eigenvalue weighted by Gasteiger charge is -2.22. The van der Waals surface area contributed by atoms with Crippen molar-refractivity contribution in [2.45, 2.75) is 18.9 Å². The van der Waals surface area contributed by atoms with E-state index >= 15 is 0 Å². The largest absolute Gasteiger partial charge is 0.506 e. The highest BCUT2D eigenvalue weighted by Crippen LogP contribution is 2.27. The van der Waals surface area contributed by atoms with Gasteiger partial charge in [0.25, 0.3) is 0 Å². The summed E-state index contributed by atoms with van der Waals surface area (Å²) in [6.07, 6.45) is 1.84. The maximum absolute atomic E-state index is 13.1. The predicted molar refractivity (Wildman–Crippen MR) is 90.4 cm³/mol. The van der Waals surface area contributed by atoms with E-state index in [-0.39, 0.29) is 12.2 Å². The van der Waals surface area contributed by atoms with Crippen LogP contribution in [0.25, 0.3) is 5.69 Å². The summed E-state index contributed by atoms with van der Waals surface area (Å²) >= 11 is 3.36. The molecule has 7 heteroatoms. The van der Waals surface area contributed by atoms with Crippen LogP contribution in [0.3, 0.4) is 0 Å². The number of phenolic OH excluding ortho intramolecular Hbond substituents is 1. The Morgan fingerprint density at radius 1 is 1.21 bits per heavy atom. The van der Waals surface area contributed by atoms with E-state index in [4.69, 9.17) is 0 Å². The number of halogens is 2. The summed E-state index contributed by atoms with van der Waals surface area (Å²) in [5, 5.41) is 28.5. The molecule has 1 heterocycles. The van der Waals surface area contributed by atoms with Gasteiger partial charge in [-0.2, -0.15) is 0 Å². The molecule has 1 unspecified atom stereocenters. The zero-order valence-electron chi connectivity index (χ0n) is 12.8. The minimum Gasteiger partial charge on any atom is -0.506 e. The number of phenols is 1. The summed E-state index contributed by atoms with van der Waals surface area (Å²) < 4.78 is 15.3. The highest BCUT2D eigenvalue weighted by molar-refractivity contribution is 9.10. The first-order chi connectivity index (χ1) is 11.3. The fraction of sp³-hybridized carbons (Fsp3) is 0.176. The van der Waals surface area contributed by atoms with Crippen molar-refractivity contribution in [1.29, 1.82) is 0 Å². The van der Waals surface area contributed by atoms with Gasteiger partial charge in [0.2, 0.25) is 0 Å². The standard InChI is InChI=1S/C17H15BrFN3O2/c1-17(24,11-2-4-12(18)5-3-11)9-14-10-22(21-20-14)15-7-6-13(19)8-16(15)23/h2-8,10,23-24H,9H2,1H3. The third-order valence-electron chi connectivity index (χ3n) is 3.72. The molecular weight excluding hydrogens is 377 g/mol. The molecule has 5 nitrogen and oxygen atoms in total. The smallest absolute Gasteiger partial charge is 0.144 e. The highest BCUT2D eigenvalue weighted by atomic mass is 79.9. The van der Waals surface area contributed by atoms with E-state index in [1.807, 2.05) is 24.3 Å². The molecule has 0 radical (unpaired) electrons. The van der Waals surface area contributed by atoms with Crippen LogP contribution in [0.1, 0.15) is 18.2 Å². The monoisotopic (exact) mass is 391 g/mol. The van der Waals surface area contributed by atoms with Crippen LogP contribution in [0.2, 0.25) is 0 Å². The van der Waals surface area contributed by atoms with Gasteiger partial charge in [-0.25, -0.2) is 9.07 Å². The molecule has 0 fully saturated rings. The minimum absolute atomic E-state index is 0.230. The van der Waals surface area contributed by atoms with Crippen LogP contribution >= 0.6 is 15.9 Å². The molecule has 3 aromatic rings. The lowest BCUT2D eigenvalue weighted by atomic mass is 9.91. The van der Waals surface area contributed by atoms with Crippen LogP contribution in [0, 0.1) is 5.82 Å². The van der Waals surface area contributed by atoms with Crippen molar-refractivity contribution in [3.8, 4) is 11.4 Å². The number of benzene rings is 2. The first kappa shape index (κ1) is 16.6. The van der Waals surface area contributed by atoms with Gasteiger partial charge in [0, 0.05) is 17.0 Å². The SMILES string of the molecule is CC(O)(Cc1cn(-c2ccc(F)cc2O)nn1)c1ccc(Br)cc1. The van der Waals surface area contributed by atoms with Crippen LogP contribution in [-0.4, -0.2) is 25.2 Å². The van der Waals surface area contributed by atoms with Crippen LogP contribution in [0.15, 0.2) is 53.1 Å². The van der Waals surface area contributed by atoms with Crippen molar-refractivity contribution >= 4 is 15.9 Å². The molecule has 0 saturated carbocycles. The fourth-order valence-electron chi connectivity index (χ4n) is 2.45. The molecule has 24 heavy (non-hydrogen) atoms. The molecule has 0 aliphatic carbocycles. The summed E-state index contributed by atoms with van der Waals surface area (Å²) in [6, 6.07) is 11.0. The molecule has 1 aromatic heterocycles. The molecular formula is C17H15BrFN3O2. The highest BCUT2D eigenvalue weighted by Gasteiger charge is 2.25. The van der Waals surface area contributed by atoms with Gasteiger partial charge in [-0.1, -0.05) is 33.3 Å². The predicted octanol–water partition coefficient (Wildman–Crippen LogP) is 3.32. The number of hydrogen-bond donors (Lipinski definition) is 2. The van der Waals surface area contributed by atoms with Gasteiger partial charge in [0.05, 0.1) is 17.5 Å². The van der Waals surface area contributed by atoms with Gasteiger partial charge in [-0.3, -0.25) is 0 Å². The third kappa shape index (κ3) is 3.47. The first-order valence-corrected chi connectivity index (χ1v) is 8.03. The van der Waals surface area contributed by atoms with Crippen LogP contribution in [-0.2, 0) is 12.0 Å². The Bertz CT molecular complexity index is 863. The Morgan fingerprint density at radius 3 is 2.58 bits per heavy atom. The van der Waals surface area contributed by atoms with Crippen LogP contribution in [0.4, 0.5) is 4.39 Å². The average molecular weight is 392 g/mol. The first-order valence-electron chi connectivity index (χ1n) is 7.24. The Morgan fingerprint density at radius 2 is 1.92 bits per heavy atom. The Balaban J connectivity index is 1.84. The maximum Gasteiger partial charge on any atom is 0.144 e. The quantitative estimate of drug-likeness (QED) is 0.715. The maximum atomic E-state index is 13.1. The Labute approximate surface area is 146 Å². The van der Waals surface area contributed by atoms with Crippen molar-refractivity contribution in [2.75, 3.05) is 0 Å². The van der Waals surface area contributed by atoms with Crippen LogP contribution in [0.5, 0.6) is 5.75 Å². The Hall–Kier alpha value is -2.25. The van der Waals surface area contributed by atoms with E-state index in [1.54, 1.807) is 13.1 Å². The summed E-state index contributed by atoms with van der Waals surface area (Å²) in [5.74, 6) is -0.763. The normalized spacial score (nSPS) is 13.7. The number of aliphatic hydroxyl groups is 1. The molecule has 0 saturated heterocycles. The molecule has 3 rings (SSSR count). The van der Waals surface area contributed by atoms with E-state index in [1.165, 1.54) is 16.8 Å². The van der Waals surface area contributed by atoms with E-state index in [0.29, 0.717) is 11.4 Å². The van der Waals surface area contributed by atoms with Gasteiger partial charge >= 0.3 is 0 Å². The number of aromatic nitrogens is 3. The summed E-state index contributed by atoms with van der Waals surface area (Å²) in [7, 11) is 0. The second-order valence-electron chi connectivity index (χ2n) is 5.75. The van der Waals surface area contributed by atoms with Gasteiger partial charge in [0.1, 0.15) is 17.3 Å². The van der Waals surface area contributed by atoms with Gasteiger partial charge in [-0.15, -0.1) is 5.10 Å². The third-order valence-corrected chi connectivity index (χ3v) is 4.25. The molecule has 0 bridgehead atoms. The lowest BCUT2D eigenvalue weighted by Crippen LogP contribution is -2.24. The second kappa shape index (κ2) is 6.33. The number of aromatic hydroxyl groups is 1. The van der Waals surface area contributed by atoms with E-state index in [9.17, 15) is 14.6 Å². The zero-order chi connectivity index (χ0) is 17.3. The summed E-state index contributed by atoms with van der Waals surface area (Å²) in [5.41, 5.74) is 0.502. The Kier molecular flexibility index (Phi) is 4.38. The number of hydrogen-bond acceptors (Lipinski definition) is 4. The molecule has 0 aliphatic rings. The molecule has 0 amide bonds. The van der Waals surface area contributed by atoms with E-state index in [2.05, 4.69) is 26.2 Å². The van der Waals surface area contributed by atoms with Gasteiger partial charge in [-0.05, 0) is 36.8 Å². The zero-order valence-corrected chi connectivity index (χ0v) is 14.4. The van der Waals surface area contributed by atoms with Crippen molar-refractivity contribution in [3.05, 3.63) is 70.2 Å². The molecule has 2 aromatic carbocycles. The van der Waals surface area contributed by atoms with Gasteiger partial charge < -0.3 is 10.2 Å². The molecule has 1 atom stereocenters. The minimum atomic E-state index is -1.12. The van der Waals surface area contributed by atoms with Crippen molar-refractivity contribution in [1.82, 2.24) is 15.0 Å². The van der Waals surface area contributed by atoms with E-state index in [0.717, 1.165) is 16.1 Å². The van der Waals surface area contributed by atoms with Crippen molar-refractivity contribution in [2.24, 2.45) is 0 Å². The summed E-state index contributed by atoms with van der Waals surface area (Å²) in [4.78, 5) is 0. The lowest BCUT2D eigenvalue weighted by molar-refractivity contribution is 0.0565. The summed E-state index contributed by atoms with van der Waals surface area (Å²) in [6.45, 7) is 1.70. The topological polar surface area (TPSA) is 71.2 Å². The fourth-order valence-corrected chi connectivity index (χ4v) is 2.72. The number of nitrogens with zero attached hydrogens (tertiary/aromatic N) is 3. The molecule has 0 aliphatic heterocycles. The van der Waals surface area contributed by atoms with Crippen LogP contribution < -0.4 is 0 Å². The molecule has 0 spiro atoms. The van der Waals surface area contributed by atoms with E-state index < -0.39 is 11.4 Å². The van der Waals surface area contributed by atoms with Crippen molar-refractivity contribution < 1.29 is 14.6 Å².